The van der Waals surface area contributed by atoms with E-state index in [0.717, 1.165) is 0 Å². The second kappa shape index (κ2) is 5.02. The lowest BCUT2D eigenvalue weighted by Gasteiger charge is -2.13. The Balaban J connectivity index is 2.50. The first kappa shape index (κ1) is 10.3. The monoisotopic (exact) mass is 184 g/mol. The summed E-state index contributed by atoms with van der Waals surface area (Å²) in [6.07, 6.45) is 5.59. The topological polar surface area (TPSA) is 46.5 Å². The maximum Gasteiger partial charge on any atom is 0.306 e. The summed E-state index contributed by atoms with van der Waals surface area (Å²) in [5, 5.41) is 9.36. The Bertz CT molecular complexity index is 198. The molecule has 1 heterocycles. The van der Waals surface area contributed by atoms with Gasteiger partial charge in [0.2, 0.25) is 0 Å². The van der Waals surface area contributed by atoms with Gasteiger partial charge in [-0.05, 0) is 19.8 Å². The number of aliphatic hydroxyl groups excluding tert-OH is 1. The molecular weight excluding hydrogens is 168 g/mol. The SMILES string of the molecule is C[C@H]1C/C=C\[C@H](O)CCCC(=O)O1. The van der Waals surface area contributed by atoms with E-state index in [-0.39, 0.29) is 12.1 Å². The Labute approximate surface area is 78.4 Å². The van der Waals surface area contributed by atoms with Gasteiger partial charge in [0.25, 0.3) is 0 Å². The minimum absolute atomic E-state index is 0.0750. The van der Waals surface area contributed by atoms with Crippen LogP contribution in [0.5, 0.6) is 0 Å². The van der Waals surface area contributed by atoms with Crippen LogP contribution in [-0.4, -0.2) is 23.3 Å². The van der Waals surface area contributed by atoms with Crippen molar-refractivity contribution in [2.45, 2.75) is 44.8 Å². The normalized spacial score (nSPS) is 33.5. The number of esters is 1. The van der Waals surface area contributed by atoms with Crippen molar-refractivity contribution in [2.75, 3.05) is 0 Å². The van der Waals surface area contributed by atoms with E-state index in [2.05, 4.69) is 0 Å². The molecule has 2 atom stereocenters. The molecule has 0 saturated heterocycles. The molecule has 0 saturated carbocycles. The van der Waals surface area contributed by atoms with Crippen LogP contribution in [-0.2, 0) is 9.53 Å². The molecule has 3 nitrogen and oxygen atoms in total. The lowest BCUT2D eigenvalue weighted by molar-refractivity contribution is -0.148. The van der Waals surface area contributed by atoms with Crippen molar-refractivity contribution in [1.29, 1.82) is 0 Å². The molecule has 0 unspecified atom stereocenters. The van der Waals surface area contributed by atoms with E-state index in [4.69, 9.17) is 4.74 Å². The molecule has 13 heavy (non-hydrogen) atoms. The van der Waals surface area contributed by atoms with Crippen LogP contribution in [0.3, 0.4) is 0 Å². The summed E-state index contributed by atoms with van der Waals surface area (Å²) in [6, 6.07) is 0. The van der Waals surface area contributed by atoms with Gasteiger partial charge in [-0.3, -0.25) is 4.79 Å². The number of cyclic esters (lactones) is 1. The van der Waals surface area contributed by atoms with E-state index < -0.39 is 6.10 Å². The molecule has 0 amide bonds. The van der Waals surface area contributed by atoms with Crippen LogP contribution < -0.4 is 0 Å². The summed E-state index contributed by atoms with van der Waals surface area (Å²) in [5.41, 5.74) is 0. The predicted octanol–water partition coefficient (Wildman–Crippen LogP) is 1.41. The Morgan fingerprint density at radius 3 is 3.15 bits per heavy atom. The molecule has 0 aromatic rings. The Kier molecular flexibility index (Phi) is 3.96. The number of rotatable bonds is 0. The van der Waals surface area contributed by atoms with E-state index in [1.54, 1.807) is 6.08 Å². The van der Waals surface area contributed by atoms with Crippen molar-refractivity contribution < 1.29 is 14.6 Å². The van der Waals surface area contributed by atoms with Crippen molar-refractivity contribution in [3.05, 3.63) is 12.2 Å². The third-order valence-electron chi connectivity index (χ3n) is 2.04. The molecule has 1 aliphatic heterocycles. The number of carbonyl (C=O) groups is 1. The molecule has 0 bridgehead atoms. The fraction of sp³-hybridized carbons (Fsp3) is 0.700. The molecule has 1 aliphatic rings. The molecule has 0 aromatic heterocycles. The largest absolute Gasteiger partial charge is 0.462 e. The van der Waals surface area contributed by atoms with Crippen LogP contribution in [0.1, 0.15) is 32.6 Å². The summed E-state index contributed by atoms with van der Waals surface area (Å²) in [5.74, 6) is -0.157. The van der Waals surface area contributed by atoms with E-state index in [1.165, 1.54) is 0 Å². The van der Waals surface area contributed by atoms with Crippen molar-refractivity contribution in [3.63, 3.8) is 0 Å². The highest BCUT2D eigenvalue weighted by Crippen LogP contribution is 2.09. The number of hydrogen-bond acceptors (Lipinski definition) is 3. The molecule has 74 valence electrons. The molecule has 0 fully saturated rings. The number of carbonyl (C=O) groups excluding carboxylic acids is 1. The molecule has 1 N–H and O–H groups in total. The van der Waals surface area contributed by atoms with Crippen molar-refractivity contribution in [2.24, 2.45) is 0 Å². The standard InChI is InChI=1S/C10H16O3/c1-8-4-2-5-9(11)6-3-7-10(12)13-8/h2,5,8-9,11H,3-4,6-7H2,1H3/b5-2-/t8-,9-/m0/s1. The lowest BCUT2D eigenvalue weighted by atomic mass is 10.1. The van der Waals surface area contributed by atoms with E-state index >= 15 is 0 Å². The number of ether oxygens (including phenoxy) is 1. The zero-order valence-electron chi connectivity index (χ0n) is 7.90. The Morgan fingerprint density at radius 2 is 2.38 bits per heavy atom. The number of hydrogen-bond donors (Lipinski definition) is 1. The quantitative estimate of drug-likeness (QED) is 0.457. The molecule has 0 radical (unpaired) electrons. The Hall–Kier alpha value is -0.830. The van der Waals surface area contributed by atoms with Crippen LogP contribution in [0, 0.1) is 0 Å². The fourth-order valence-electron chi connectivity index (χ4n) is 1.31. The highest BCUT2D eigenvalue weighted by Gasteiger charge is 2.11. The van der Waals surface area contributed by atoms with Crippen LogP contribution in [0.2, 0.25) is 0 Å². The third-order valence-corrected chi connectivity index (χ3v) is 2.04. The van der Waals surface area contributed by atoms with Crippen LogP contribution in [0.25, 0.3) is 0 Å². The highest BCUT2D eigenvalue weighted by molar-refractivity contribution is 5.69. The second-order valence-electron chi connectivity index (χ2n) is 3.42. The number of aliphatic hydroxyl groups is 1. The average molecular weight is 184 g/mol. The average Bonchev–Trinajstić information content (AvgIpc) is 2.03. The van der Waals surface area contributed by atoms with Gasteiger partial charge in [0.15, 0.2) is 0 Å². The van der Waals surface area contributed by atoms with Crippen molar-refractivity contribution in [1.82, 2.24) is 0 Å². The first-order chi connectivity index (χ1) is 6.18. The Morgan fingerprint density at radius 1 is 1.62 bits per heavy atom. The summed E-state index contributed by atoms with van der Waals surface area (Å²) in [4.78, 5) is 11.1. The van der Waals surface area contributed by atoms with Gasteiger partial charge in [-0.25, -0.2) is 0 Å². The van der Waals surface area contributed by atoms with E-state index in [0.29, 0.717) is 25.7 Å². The summed E-state index contributed by atoms with van der Waals surface area (Å²) >= 11 is 0. The molecule has 0 aliphatic carbocycles. The highest BCUT2D eigenvalue weighted by atomic mass is 16.5. The van der Waals surface area contributed by atoms with Gasteiger partial charge in [-0.1, -0.05) is 12.2 Å². The third kappa shape index (κ3) is 4.08. The van der Waals surface area contributed by atoms with Gasteiger partial charge < -0.3 is 9.84 Å². The predicted molar refractivity (Wildman–Crippen MR) is 49.2 cm³/mol. The second-order valence-corrected chi connectivity index (χ2v) is 3.42. The van der Waals surface area contributed by atoms with Gasteiger partial charge in [0, 0.05) is 12.8 Å². The smallest absolute Gasteiger partial charge is 0.306 e. The molecule has 0 aromatic carbocycles. The zero-order chi connectivity index (χ0) is 9.68. The molecular formula is C10H16O3. The minimum Gasteiger partial charge on any atom is -0.462 e. The molecule has 3 heteroatoms. The summed E-state index contributed by atoms with van der Waals surface area (Å²) in [7, 11) is 0. The van der Waals surface area contributed by atoms with Gasteiger partial charge in [-0.15, -0.1) is 0 Å². The molecule has 1 rings (SSSR count). The van der Waals surface area contributed by atoms with Crippen LogP contribution in [0.15, 0.2) is 12.2 Å². The van der Waals surface area contributed by atoms with Gasteiger partial charge in [0.05, 0.1) is 6.10 Å². The van der Waals surface area contributed by atoms with Gasteiger partial charge in [-0.2, -0.15) is 0 Å². The van der Waals surface area contributed by atoms with Crippen LogP contribution in [0.4, 0.5) is 0 Å². The van der Waals surface area contributed by atoms with Crippen molar-refractivity contribution >= 4 is 5.97 Å². The van der Waals surface area contributed by atoms with Crippen molar-refractivity contribution in [3.8, 4) is 0 Å². The van der Waals surface area contributed by atoms with Gasteiger partial charge in [0.1, 0.15) is 6.10 Å². The summed E-state index contributed by atoms with van der Waals surface area (Å²) < 4.78 is 5.09. The first-order valence-electron chi connectivity index (χ1n) is 4.72. The van der Waals surface area contributed by atoms with E-state index in [9.17, 15) is 9.90 Å². The van der Waals surface area contributed by atoms with Crippen LogP contribution >= 0.6 is 0 Å². The van der Waals surface area contributed by atoms with Gasteiger partial charge >= 0.3 is 5.97 Å². The van der Waals surface area contributed by atoms with E-state index in [1.807, 2.05) is 13.0 Å². The maximum absolute atomic E-state index is 11.1. The fourth-order valence-corrected chi connectivity index (χ4v) is 1.31. The lowest BCUT2D eigenvalue weighted by Crippen LogP contribution is -2.16. The minimum atomic E-state index is -0.405. The zero-order valence-corrected chi connectivity index (χ0v) is 7.90. The maximum atomic E-state index is 11.1. The first-order valence-corrected chi connectivity index (χ1v) is 4.72. The molecule has 0 spiro atoms. The summed E-state index contributed by atoms with van der Waals surface area (Å²) in [6.45, 7) is 1.86.